The number of H-pyrrole nitrogens is 3. The fraction of sp³-hybridized carbons (Fsp3) is 0. The Balaban J connectivity index is 1.54. The van der Waals surface area contributed by atoms with Crippen LogP contribution in [0.2, 0.25) is 0 Å². The van der Waals surface area contributed by atoms with Gasteiger partial charge in [0.15, 0.2) is 5.82 Å². The number of pyridine rings is 1. The van der Waals surface area contributed by atoms with Gasteiger partial charge in [0.2, 0.25) is 0 Å². The van der Waals surface area contributed by atoms with Crippen LogP contribution >= 0.6 is 0 Å². The molecule has 0 aliphatic rings. The molecule has 0 saturated carbocycles. The summed E-state index contributed by atoms with van der Waals surface area (Å²) < 4.78 is 14.4. The lowest BCUT2D eigenvalue weighted by molar-refractivity contribution is 0.631. The van der Waals surface area contributed by atoms with E-state index in [1.54, 1.807) is 30.6 Å². The van der Waals surface area contributed by atoms with E-state index in [4.69, 9.17) is 4.98 Å². The van der Waals surface area contributed by atoms with Gasteiger partial charge in [0.25, 0.3) is 0 Å². The van der Waals surface area contributed by atoms with Gasteiger partial charge in [-0.2, -0.15) is 10.2 Å². The molecule has 0 amide bonds. The van der Waals surface area contributed by atoms with Crippen molar-refractivity contribution in [3.63, 3.8) is 0 Å². The highest BCUT2D eigenvalue weighted by Gasteiger charge is 2.17. The molecule has 0 atom stereocenters. The second-order valence-electron chi connectivity index (χ2n) is 6.94. The van der Waals surface area contributed by atoms with Crippen molar-refractivity contribution < 1.29 is 4.39 Å². The first kappa shape index (κ1) is 16.6. The molecule has 0 spiro atoms. The van der Waals surface area contributed by atoms with Gasteiger partial charge in [-0.15, -0.1) is 0 Å². The van der Waals surface area contributed by atoms with Crippen LogP contribution < -0.4 is 0 Å². The van der Waals surface area contributed by atoms with Crippen LogP contribution in [-0.4, -0.2) is 35.3 Å². The second-order valence-corrected chi connectivity index (χ2v) is 6.94. The maximum atomic E-state index is 14.4. The molecule has 30 heavy (non-hydrogen) atoms. The van der Waals surface area contributed by atoms with Gasteiger partial charge in [0.05, 0.1) is 17.2 Å². The van der Waals surface area contributed by atoms with E-state index in [9.17, 15) is 4.39 Å². The third-order valence-electron chi connectivity index (χ3n) is 5.15. The topological polar surface area (TPSA) is 98.9 Å². The van der Waals surface area contributed by atoms with E-state index < -0.39 is 0 Å². The van der Waals surface area contributed by atoms with Crippen molar-refractivity contribution in [1.29, 1.82) is 0 Å². The van der Waals surface area contributed by atoms with Crippen molar-refractivity contribution in [3.8, 4) is 33.9 Å². The molecule has 8 heteroatoms. The highest BCUT2D eigenvalue weighted by Crippen LogP contribution is 2.32. The minimum Gasteiger partial charge on any atom is -0.336 e. The lowest BCUT2D eigenvalue weighted by atomic mass is 10.1. The molecule has 6 rings (SSSR count). The van der Waals surface area contributed by atoms with Gasteiger partial charge in [0, 0.05) is 28.9 Å². The van der Waals surface area contributed by atoms with E-state index in [1.807, 2.05) is 30.5 Å². The summed E-state index contributed by atoms with van der Waals surface area (Å²) in [6.07, 6.45) is 5.26. The lowest BCUT2D eigenvalue weighted by Crippen LogP contribution is -1.89. The number of imidazole rings is 1. The first-order valence-corrected chi connectivity index (χ1v) is 9.35. The first-order chi connectivity index (χ1) is 14.8. The Hall–Kier alpha value is -4.33. The summed E-state index contributed by atoms with van der Waals surface area (Å²) in [5.41, 5.74) is 5.85. The quantitative estimate of drug-likeness (QED) is 0.404. The van der Waals surface area contributed by atoms with Crippen LogP contribution in [0.5, 0.6) is 0 Å². The molecular weight excluding hydrogens is 381 g/mol. The number of nitrogens with zero attached hydrogens (tertiary/aromatic N) is 4. The third-order valence-corrected chi connectivity index (χ3v) is 5.15. The predicted octanol–water partition coefficient (Wildman–Crippen LogP) is 4.70. The molecule has 0 fully saturated rings. The summed E-state index contributed by atoms with van der Waals surface area (Å²) in [7, 11) is 0. The summed E-state index contributed by atoms with van der Waals surface area (Å²) in [4.78, 5) is 12.4. The van der Waals surface area contributed by atoms with Crippen LogP contribution in [0.15, 0.2) is 67.1 Å². The molecule has 4 heterocycles. The number of halogens is 1. The monoisotopic (exact) mass is 395 g/mol. The fourth-order valence-electron chi connectivity index (χ4n) is 3.68. The van der Waals surface area contributed by atoms with Gasteiger partial charge in [-0.25, -0.2) is 9.37 Å². The SMILES string of the molecule is Fc1ccccc1-c1nccc2[nH]c(-c3n[nH]c4ccc(-c5cn[nH]c5)cc34)nc12. The fourth-order valence-corrected chi connectivity index (χ4v) is 3.68. The Morgan fingerprint density at radius 3 is 2.70 bits per heavy atom. The average Bonchev–Trinajstić information content (AvgIpc) is 3.51. The highest BCUT2D eigenvalue weighted by molar-refractivity contribution is 5.97. The van der Waals surface area contributed by atoms with Crippen LogP contribution in [0.1, 0.15) is 0 Å². The number of nitrogens with one attached hydrogen (secondary N) is 3. The van der Waals surface area contributed by atoms with E-state index in [0.29, 0.717) is 28.3 Å². The van der Waals surface area contributed by atoms with Gasteiger partial charge in [-0.1, -0.05) is 18.2 Å². The van der Waals surface area contributed by atoms with E-state index >= 15 is 0 Å². The first-order valence-electron chi connectivity index (χ1n) is 9.35. The number of fused-ring (bicyclic) bond motifs is 2. The van der Waals surface area contributed by atoms with E-state index in [-0.39, 0.29) is 5.82 Å². The summed E-state index contributed by atoms with van der Waals surface area (Å²) in [5.74, 6) is 0.253. The van der Waals surface area contributed by atoms with Gasteiger partial charge in [-0.05, 0) is 35.9 Å². The summed E-state index contributed by atoms with van der Waals surface area (Å²) in [6.45, 7) is 0. The molecule has 0 unspecified atom stereocenters. The largest absolute Gasteiger partial charge is 0.336 e. The van der Waals surface area contributed by atoms with E-state index in [0.717, 1.165) is 27.5 Å². The minimum atomic E-state index is -0.336. The highest BCUT2D eigenvalue weighted by atomic mass is 19.1. The van der Waals surface area contributed by atoms with Crippen LogP contribution in [-0.2, 0) is 0 Å². The molecule has 0 aliphatic heterocycles. The van der Waals surface area contributed by atoms with Gasteiger partial charge in [0.1, 0.15) is 22.7 Å². The van der Waals surface area contributed by atoms with Gasteiger partial charge < -0.3 is 4.98 Å². The maximum Gasteiger partial charge on any atom is 0.159 e. The van der Waals surface area contributed by atoms with Crippen LogP contribution in [0, 0.1) is 5.82 Å². The van der Waals surface area contributed by atoms with E-state index in [2.05, 4.69) is 30.4 Å². The van der Waals surface area contributed by atoms with Crippen molar-refractivity contribution in [1.82, 2.24) is 35.3 Å². The summed E-state index contributed by atoms with van der Waals surface area (Å²) in [6, 6.07) is 14.4. The smallest absolute Gasteiger partial charge is 0.159 e. The maximum absolute atomic E-state index is 14.4. The van der Waals surface area contributed by atoms with Crippen molar-refractivity contribution in [2.24, 2.45) is 0 Å². The van der Waals surface area contributed by atoms with Crippen LogP contribution in [0.4, 0.5) is 4.39 Å². The zero-order chi connectivity index (χ0) is 20.1. The van der Waals surface area contributed by atoms with Gasteiger partial charge in [-0.3, -0.25) is 15.2 Å². The lowest BCUT2D eigenvalue weighted by Gasteiger charge is -2.02. The Bertz CT molecular complexity index is 1510. The number of benzene rings is 2. The molecule has 0 saturated heterocycles. The molecule has 7 nitrogen and oxygen atoms in total. The molecule has 3 N–H and O–H groups in total. The second kappa shape index (κ2) is 6.35. The molecule has 0 aliphatic carbocycles. The van der Waals surface area contributed by atoms with Gasteiger partial charge >= 0.3 is 0 Å². The molecular formula is C22H14FN7. The molecule has 0 radical (unpaired) electrons. The molecule has 144 valence electrons. The van der Waals surface area contributed by atoms with E-state index in [1.165, 1.54) is 6.07 Å². The zero-order valence-electron chi connectivity index (χ0n) is 15.5. The summed E-state index contributed by atoms with van der Waals surface area (Å²) >= 11 is 0. The number of rotatable bonds is 3. The average molecular weight is 395 g/mol. The number of hydrogen-bond donors (Lipinski definition) is 3. The molecule has 0 bridgehead atoms. The Morgan fingerprint density at radius 1 is 0.900 bits per heavy atom. The molecule has 6 aromatic rings. The van der Waals surface area contributed by atoms with Crippen molar-refractivity contribution in [3.05, 3.63) is 72.9 Å². The Kier molecular flexibility index (Phi) is 3.51. The third kappa shape index (κ3) is 2.51. The number of hydrogen-bond acceptors (Lipinski definition) is 4. The summed E-state index contributed by atoms with van der Waals surface area (Å²) in [5, 5.41) is 15.3. The minimum absolute atomic E-state index is 0.336. The van der Waals surface area contributed by atoms with Crippen molar-refractivity contribution in [2.75, 3.05) is 0 Å². The van der Waals surface area contributed by atoms with Crippen LogP contribution in [0.25, 0.3) is 55.8 Å². The predicted molar refractivity (Wildman–Crippen MR) is 112 cm³/mol. The normalized spacial score (nSPS) is 11.5. The number of aromatic amines is 3. The Morgan fingerprint density at radius 2 is 1.83 bits per heavy atom. The van der Waals surface area contributed by atoms with Crippen LogP contribution in [0.3, 0.4) is 0 Å². The standard InChI is InChI=1S/C22H14FN7/c23-16-4-2-1-3-14(16)19-21-18(7-8-24-19)27-22(28-21)20-15-9-12(13-10-25-26-11-13)5-6-17(15)29-30-20/h1-11H,(H,25,26)(H,27,28)(H,29,30). The Labute approximate surface area is 169 Å². The van der Waals surface area contributed by atoms with Crippen molar-refractivity contribution >= 4 is 21.9 Å². The van der Waals surface area contributed by atoms with Crippen molar-refractivity contribution in [2.45, 2.75) is 0 Å². The zero-order valence-corrected chi connectivity index (χ0v) is 15.5. The molecule has 2 aromatic carbocycles. The number of aromatic nitrogens is 7. The molecule has 4 aromatic heterocycles.